The number of anilines is 1. The number of benzene rings is 2. The van der Waals surface area contributed by atoms with Crippen molar-refractivity contribution >= 4 is 11.8 Å². The Morgan fingerprint density at radius 1 is 1.16 bits per heavy atom. The number of fused-ring (bicyclic) bond motifs is 1. The largest absolute Gasteiger partial charge is 0.444 e. The van der Waals surface area contributed by atoms with Gasteiger partial charge in [0.15, 0.2) is 0 Å². The van der Waals surface area contributed by atoms with Crippen molar-refractivity contribution in [3.8, 4) is 0 Å². The summed E-state index contributed by atoms with van der Waals surface area (Å²) in [4.78, 5) is 17.4. The first-order chi connectivity index (χ1) is 15.1. The molecule has 3 rings (SSSR count). The van der Waals surface area contributed by atoms with Crippen LogP contribution in [0, 0.1) is 5.92 Å². The summed E-state index contributed by atoms with van der Waals surface area (Å²) in [7, 11) is 0. The van der Waals surface area contributed by atoms with Crippen molar-refractivity contribution in [1.82, 2.24) is 9.80 Å². The highest BCUT2D eigenvalue weighted by molar-refractivity contribution is 5.68. The first kappa shape index (κ1) is 24.1. The lowest BCUT2D eigenvalue weighted by atomic mass is 9.89. The normalized spacial score (nSPS) is 16.6. The Labute approximate surface area is 193 Å². The average molecular weight is 438 g/mol. The zero-order valence-corrected chi connectivity index (χ0v) is 20.3. The Morgan fingerprint density at radius 2 is 1.88 bits per heavy atom. The monoisotopic (exact) mass is 437 g/mol. The summed E-state index contributed by atoms with van der Waals surface area (Å²) in [6.45, 7) is 13.1. The molecule has 0 bridgehead atoms. The molecule has 0 radical (unpaired) electrons. The molecule has 1 aliphatic heterocycles. The summed E-state index contributed by atoms with van der Waals surface area (Å²) >= 11 is 0. The summed E-state index contributed by atoms with van der Waals surface area (Å²) in [5, 5.41) is 0. The molecule has 1 heterocycles. The Kier molecular flexibility index (Phi) is 7.83. The van der Waals surface area contributed by atoms with E-state index in [-0.39, 0.29) is 6.09 Å². The van der Waals surface area contributed by atoms with Gasteiger partial charge in [0.25, 0.3) is 0 Å². The highest BCUT2D eigenvalue weighted by Crippen LogP contribution is 2.28. The molecule has 5 nitrogen and oxygen atoms in total. The van der Waals surface area contributed by atoms with E-state index in [4.69, 9.17) is 10.5 Å². The molecule has 1 amide bonds. The summed E-state index contributed by atoms with van der Waals surface area (Å²) in [5.41, 5.74) is 10.2. The van der Waals surface area contributed by atoms with Crippen LogP contribution in [-0.4, -0.2) is 40.6 Å². The molecule has 1 aliphatic rings. The Hall–Kier alpha value is -2.53. The van der Waals surface area contributed by atoms with Gasteiger partial charge in [-0.25, -0.2) is 4.79 Å². The highest BCUT2D eigenvalue weighted by atomic mass is 16.6. The van der Waals surface area contributed by atoms with Gasteiger partial charge in [0.2, 0.25) is 0 Å². The molecule has 0 saturated carbocycles. The number of amides is 1. The topological polar surface area (TPSA) is 58.8 Å². The first-order valence-electron chi connectivity index (χ1n) is 11.7. The van der Waals surface area contributed by atoms with E-state index < -0.39 is 5.60 Å². The maximum Gasteiger partial charge on any atom is 0.410 e. The van der Waals surface area contributed by atoms with Gasteiger partial charge in [0, 0.05) is 37.9 Å². The van der Waals surface area contributed by atoms with E-state index in [1.54, 1.807) is 0 Å². The lowest BCUT2D eigenvalue weighted by Crippen LogP contribution is -2.46. The number of nitrogen functional groups attached to an aromatic ring is 1. The second-order valence-electron chi connectivity index (χ2n) is 10.4. The summed E-state index contributed by atoms with van der Waals surface area (Å²) < 4.78 is 5.73. The minimum atomic E-state index is -0.520. The summed E-state index contributed by atoms with van der Waals surface area (Å²) in [6, 6.07) is 16.9. The Bertz CT molecular complexity index is 890. The fourth-order valence-corrected chi connectivity index (χ4v) is 4.38. The van der Waals surface area contributed by atoms with Crippen LogP contribution in [0.1, 0.15) is 57.7 Å². The minimum Gasteiger partial charge on any atom is -0.444 e. The maximum absolute atomic E-state index is 13.0. The molecule has 1 atom stereocenters. The molecule has 32 heavy (non-hydrogen) atoms. The second-order valence-corrected chi connectivity index (χ2v) is 10.4. The van der Waals surface area contributed by atoms with Gasteiger partial charge in [-0.15, -0.1) is 0 Å². The van der Waals surface area contributed by atoms with Crippen LogP contribution < -0.4 is 5.73 Å². The number of carbonyl (C=O) groups is 1. The first-order valence-corrected chi connectivity index (χ1v) is 11.7. The minimum absolute atomic E-state index is 0.261. The van der Waals surface area contributed by atoms with Gasteiger partial charge < -0.3 is 15.4 Å². The van der Waals surface area contributed by atoms with Crippen LogP contribution >= 0.6 is 0 Å². The van der Waals surface area contributed by atoms with E-state index in [0.29, 0.717) is 25.0 Å². The predicted molar refractivity (Wildman–Crippen MR) is 131 cm³/mol. The number of ether oxygens (including phenoxy) is 1. The molecular formula is C27H39N3O2. The van der Waals surface area contributed by atoms with Crippen molar-refractivity contribution in [3.63, 3.8) is 0 Å². The molecule has 174 valence electrons. The van der Waals surface area contributed by atoms with Gasteiger partial charge in [-0.2, -0.15) is 0 Å². The lowest BCUT2D eigenvalue weighted by molar-refractivity contribution is 0.0194. The molecule has 2 aromatic rings. The van der Waals surface area contributed by atoms with Gasteiger partial charge in [-0.1, -0.05) is 50.2 Å². The van der Waals surface area contributed by atoms with Crippen LogP contribution in [-0.2, 0) is 24.2 Å². The summed E-state index contributed by atoms with van der Waals surface area (Å²) in [5.74, 6) is 0.615. The molecule has 0 fully saturated rings. The predicted octanol–water partition coefficient (Wildman–Crippen LogP) is 5.48. The zero-order chi connectivity index (χ0) is 23.3. The van der Waals surface area contributed by atoms with Crippen LogP contribution in [0.15, 0.2) is 48.5 Å². The van der Waals surface area contributed by atoms with Crippen LogP contribution in [0.5, 0.6) is 0 Å². The number of rotatable bonds is 7. The molecule has 0 aliphatic carbocycles. The van der Waals surface area contributed by atoms with E-state index in [0.717, 1.165) is 37.2 Å². The molecule has 5 heteroatoms. The van der Waals surface area contributed by atoms with Crippen molar-refractivity contribution < 1.29 is 9.53 Å². The Balaban J connectivity index is 1.76. The number of nitrogens with two attached hydrogens (primary N) is 1. The van der Waals surface area contributed by atoms with Gasteiger partial charge in [0.05, 0.1) is 0 Å². The lowest BCUT2D eigenvalue weighted by Gasteiger charge is -2.39. The van der Waals surface area contributed by atoms with Crippen molar-refractivity contribution in [2.75, 3.05) is 18.8 Å². The zero-order valence-electron chi connectivity index (χ0n) is 20.3. The van der Waals surface area contributed by atoms with E-state index in [2.05, 4.69) is 43.0 Å². The third-order valence-corrected chi connectivity index (χ3v) is 5.84. The van der Waals surface area contributed by atoms with Crippen molar-refractivity contribution in [1.29, 1.82) is 0 Å². The van der Waals surface area contributed by atoms with E-state index in [1.807, 2.05) is 49.9 Å². The molecule has 0 spiro atoms. The second kappa shape index (κ2) is 10.4. The Morgan fingerprint density at radius 3 is 2.53 bits per heavy atom. The maximum atomic E-state index is 13.0. The van der Waals surface area contributed by atoms with Crippen molar-refractivity contribution in [2.45, 2.75) is 72.2 Å². The molecule has 0 saturated heterocycles. The fourth-order valence-electron chi connectivity index (χ4n) is 4.38. The van der Waals surface area contributed by atoms with Crippen molar-refractivity contribution in [2.24, 2.45) is 5.92 Å². The third kappa shape index (κ3) is 6.99. The number of carbonyl (C=O) groups excluding carboxylic acids is 1. The SMILES string of the molecule is CC(C)CC1Cc2ccc(N)cc2CN1CCN(Cc1ccccc1)C(=O)OC(C)(C)C. The van der Waals surface area contributed by atoms with Gasteiger partial charge in [0.1, 0.15) is 5.60 Å². The quantitative estimate of drug-likeness (QED) is 0.583. The van der Waals surface area contributed by atoms with E-state index >= 15 is 0 Å². The number of nitrogens with zero attached hydrogens (tertiary/aromatic N) is 2. The number of hydrogen-bond acceptors (Lipinski definition) is 4. The van der Waals surface area contributed by atoms with Gasteiger partial charge in [-0.05, 0) is 68.4 Å². The van der Waals surface area contributed by atoms with Crippen molar-refractivity contribution in [3.05, 3.63) is 65.2 Å². The van der Waals surface area contributed by atoms with Crippen LogP contribution in [0.25, 0.3) is 0 Å². The molecule has 0 aromatic heterocycles. The van der Waals surface area contributed by atoms with Crippen LogP contribution in [0.3, 0.4) is 0 Å². The van der Waals surface area contributed by atoms with Crippen LogP contribution in [0.4, 0.5) is 10.5 Å². The molecule has 1 unspecified atom stereocenters. The molecule has 2 N–H and O–H groups in total. The van der Waals surface area contributed by atoms with Gasteiger partial charge >= 0.3 is 6.09 Å². The van der Waals surface area contributed by atoms with Crippen LogP contribution in [0.2, 0.25) is 0 Å². The smallest absolute Gasteiger partial charge is 0.410 e. The highest BCUT2D eigenvalue weighted by Gasteiger charge is 2.29. The average Bonchev–Trinajstić information content (AvgIpc) is 2.70. The fraction of sp³-hybridized carbons (Fsp3) is 0.519. The molecular weight excluding hydrogens is 398 g/mol. The van der Waals surface area contributed by atoms with E-state index in [1.165, 1.54) is 11.1 Å². The summed E-state index contributed by atoms with van der Waals surface area (Å²) in [6.07, 6.45) is 1.90. The van der Waals surface area contributed by atoms with E-state index in [9.17, 15) is 4.79 Å². The number of hydrogen-bond donors (Lipinski definition) is 1. The van der Waals surface area contributed by atoms with Gasteiger partial charge in [-0.3, -0.25) is 4.90 Å². The molecule has 2 aromatic carbocycles. The third-order valence-electron chi connectivity index (χ3n) is 5.84. The standard InChI is InChI=1S/C27H39N3O2/c1-20(2)15-25-17-22-11-12-24(28)16-23(22)19-29(25)13-14-30(26(31)32-27(3,4)5)18-21-9-7-6-8-10-21/h6-12,16,20,25H,13-15,17-19,28H2,1-5H3.